The molecule has 1 aromatic heterocycles. The summed E-state index contributed by atoms with van der Waals surface area (Å²) in [5, 5.41) is 15.2. The van der Waals surface area contributed by atoms with Crippen LogP contribution in [0.4, 0.5) is 9.93 Å². The van der Waals surface area contributed by atoms with Gasteiger partial charge in [0.1, 0.15) is 5.01 Å². The lowest BCUT2D eigenvalue weighted by molar-refractivity contribution is 0.249. The number of nitrogens with zero attached hydrogens (tertiary/aromatic N) is 2. The number of amides is 2. The topological polar surface area (TPSA) is 85.4 Å². The van der Waals surface area contributed by atoms with E-state index in [0.29, 0.717) is 22.5 Å². The third-order valence-corrected chi connectivity index (χ3v) is 4.84. The number of urea groups is 1. The first kappa shape index (κ1) is 16.5. The highest BCUT2D eigenvalue weighted by atomic mass is 32.1. The third kappa shape index (κ3) is 3.76. The summed E-state index contributed by atoms with van der Waals surface area (Å²) in [5.41, 5.74) is 0.915. The van der Waals surface area contributed by atoms with Gasteiger partial charge in [-0.05, 0) is 37.5 Å². The number of methoxy groups -OCH3 is 2. The van der Waals surface area contributed by atoms with E-state index in [1.165, 1.54) is 11.3 Å². The van der Waals surface area contributed by atoms with Crippen LogP contribution in [0.1, 0.15) is 42.3 Å². The second kappa shape index (κ2) is 7.04. The fourth-order valence-corrected chi connectivity index (χ4v) is 3.22. The first-order valence-electron chi connectivity index (χ1n) is 7.73. The highest BCUT2D eigenvalue weighted by molar-refractivity contribution is 7.15. The number of hydrogen-bond donors (Lipinski definition) is 2. The Hall–Kier alpha value is -2.35. The Balaban J connectivity index is 1.60. The van der Waals surface area contributed by atoms with E-state index in [1.54, 1.807) is 14.2 Å². The molecule has 128 valence electrons. The summed E-state index contributed by atoms with van der Waals surface area (Å²) < 4.78 is 10.5. The average molecular weight is 348 g/mol. The van der Waals surface area contributed by atoms with Crippen LogP contribution in [-0.2, 0) is 0 Å². The number of anilines is 1. The molecule has 8 heteroatoms. The summed E-state index contributed by atoms with van der Waals surface area (Å²) >= 11 is 1.44. The molecular weight excluding hydrogens is 328 g/mol. The quantitative estimate of drug-likeness (QED) is 0.836. The van der Waals surface area contributed by atoms with E-state index in [9.17, 15) is 4.79 Å². The smallest absolute Gasteiger partial charge is 0.321 e. The molecule has 1 aliphatic carbocycles. The fourth-order valence-electron chi connectivity index (χ4n) is 2.32. The van der Waals surface area contributed by atoms with Crippen LogP contribution in [0.25, 0.3) is 0 Å². The molecule has 0 saturated heterocycles. The molecule has 3 rings (SSSR count). The molecule has 0 radical (unpaired) electrons. The van der Waals surface area contributed by atoms with Crippen molar-refractivity contribution in [1.82, 2.24) is 15.5 Å². The summed E-state index contributed by atoms with van der Waals surface area (Å²) in [6.45, 7) is 1.90. The third-order valence-electron chi connectivity index (χ3n) is 3.84. The maximum Gasteiger partial charge on any atom is 0.321 e. The van der Waals surface area contributed by atoms with E-state index in [1.807, 2.05) is 25.1 Å². The molecule has 1 heterocycles. The van der Waals surface area contributed by atoms with Gasteiger partial charge >= 0.3 is 6.03 Å². The van der Waals surface area contributed by atoms with E-state index in [4.69, 9.17) is 9.47 Å². The molecule has 2 N–H and O–H groups in total. The van der Waals surface area contributed by atoms with Crippen molar-refractivity contribution in [2.75, 3.05) is 19.5 Å². The van der Waals surface area contributed by atoms with Gasteiger partial charge in [0.05, 0.1) is 20.3 Å². The second-order valence-corrected chi connectivity index (χ2v) is 6.66. The Morgan fingerprint density at radius 1 is 1.25 bits per heavy atom. The van der Waals surface area contributed by atoms with Crippen molar-refractivity contribution >= 4 is 22.5 Å². The second-order valence-electron chi connectivity index (χ2n) is 5.65. The molecular formula is C16H20N4O3S. The Bertz CT molecular complexity index is 730. The summed E-state index contributed by atoms with van der Waals surface area (Å²) in [6.07, 6.45) is 2.33. The minimum absolute atomic E-state index is 0.194. The largest absolute Gasteiger partial charge is 0.493 e. The molecule has 1 aromatic carbocycles. The standard InChI is InChI=1S/C16H20N4O3S/c1-9(11-6-7-12(22-2)13(8-11)23-3)17-15(21)18-16-20-19-14(24-16)10-4-5-10/h6-10H,4-5H2,1-3H3,(H2,17,18,20,21)/t9-/m1/s1. The van der Waals surface area contributed by atoms with Gasteiger partial charge in [0.15, 0.2) is 11.5 Å². The van der Waals surface area contributed by atoms with Crippen LogP contribution < -0.4 is 20.1 Å². The Labute approximate surface area is 144 Å². The maximum atomic E-state index is 12.1. The van der Waals surface area contributed by atoms with Gasteiger partial charge in [-0.1, -0.05) is 17.4 Å². The highest BCUT2D eigenvalue weighted by Crippen LogP contribution is 2.42. The predicted octanol–water partition coefficient (Wildman–Crippen LogP) is 3.32. The molecule has 24 heavy (non-hydrogen) atoms. The molecule has 0 bridgehead atoms. The monoisotopic (exact) mass is 348 g/mol. The Kier molecular flexibility index (Phi) is 4.84. The van der Waals surface area contributed by atoms with Crippen molar-refractivity contribution in [3.63, 3.8) is 0 Å². The molecule has 1 fully saturated rings. The maximum absolute atomic E-state index is 12.1. The van der Waals surface area contributed by atoms with Crippen LogP contribution in [-0.4, -0.2) is 30.4 Å². The number of aromatic nitrogens is 2. The van der Waals surface area contributed by atoms with Crippen molar-refractivity contribution in [2.45, 2.75) is 31.7 Å². The molecule has 2 amide bonds. The lowest BCUT2D eigenvalue weighted by Gasteiger charge is -2.16. The number of benzene rings is 1. The average Bonchev–Trinajstić information content (AvgIpc) is 3.34. The molecule has 7 nitrogen and oxygen atoms in total. The molecule has 2 aromatic rings. The number of carbonyl (C=O) groups excluding carboxylic acids is 1. The number of hydrogen-bond acceptors (Lipinski definition) is 6. The van der Waals surface area contributed by atoms with Gasteiger partial charge in [0.25, 0.3) is 0 Å². The van der Waals surface area contributed by atoms with Crippen molar-refractivity contribution in [1.29, 1.82) is 0 Å². The molecule has 1 saturated carbocycles. The predicted molar refractivity (Wildman–Crippen MR) is 92.0 cm³/mol. The van der Waals surface area contributed by atoms with Gasteiger partial charge in [-0.3, -0.25) is 5.32 Å². The Morgan fingerprint density at radius 2 is 2.00 bits per heavy atom. The fraction of sp³-hybridized carbons (Fsp3) is 0.438. The van der Waals surface area contributed by atoms with Gasteiger partial charge in [-0.15, -0.1) is 10.2 Å². The van der Waals surface area contributed by atoms with E-state index in [-0.39, 0.29) is 12.1 Å². The zero-order chi connectivity index (χ0) is 17.1. The van der Waals surface area contributed by atoms with E-state index in [0.717, 1.165) is 23.4 Å². The van der Waals surface area contributed by atoms with Gasteiger partial charge < -0.3 is 14.8 Å². The minimum atomic E-state index is -0.309. The van der Waals surface area contributed by atoms with Gasteiger partial charge in [0.2, 0.25) is 5.13 Å². The molecule has 1 aliphatic rings. The van der Waals surface area contributed by atoms with Crippen molar-refractivity contribution in [3.8, 4) is 11.5 Å². The van der Waals surface area contributed by atoms with Crippen molar-refractivity contribution in [3.05, 3.63) is 28.8 Å². The molecule has 0 aliphatic heterocycles. The SMILES string of the molecule is COc1ccc([C@@H](C)NC(=O)Nc2nnc(C3CC3)s2)cc1OC. The van der Waals surface area contributed by atoms with Crippen LogP contribution >= 0.6 is 11.3 Å². The summed E-state index contributed by atoms with van der Waals surface area (Å²) in [5.74, 6) is 1.81. The van der Waals surface area contributed by atoms with Gasteiger partial charge in [0, 0.05) is 5.92 Å². The van der Waals surface area contributed by atoms with Gasteiger partial charge in [-0.2, -0.15) is 0 Å². The van der Waals surface area contributed by atoms with Crippen LogP contribution in [0.15, 0.2) is 18.2 Å². The Morgan fingerprint density at radius 3 is 2.67 bits per heavy atom. The van der Waals surface area contributed by atoms with E-state index >= 15 is 0 Å². The molecule has 0 unspecified atom stereocenters. The van der Waals surface area contributed by atoms with E-state index < -0.39 is 0 Å². The summed E-state index contributed by atoms with van der Waals surface area (Å²) in [6, 6.07) is 5.05. The highest BCUT2D eigenvalue weighted by Gasteiger charge is 2.27. The summed E-state index contributed by atoms with van der Waals surface area (Å²) in [7, 11) is 3.17. The molecule has 1 atom stereocenters. The lowest BCUT2D eigenvalue weighted by Crippen LogP contribution is -2.31. The first-order valence-corrected chi connectivity index (χ1v) is 8.55. The molecule has 0 spiro atoms. The zero-order valence-electron chi connectivity index (χ0n) is 13.8. The van der Waals surface area contributed by atoms with Crippen molar-refractivity contribution in [2.24, 2.45) is 0 Å². The number of rotatable bonds is 6. The first-order chi connectivity index (χ1) is 11.6. The number of ether oxygens (including phenoxy) is 2. The van der Waals surface area contributed by atoms with Crippen LogP contribution in [0.5, 0.6) is 11.5 Å². The number of carbonyl (C=O) groups is 1. The zero-order valence-corrected chi connectivity index (χ0v) is 14.6. The van der Waals surface area contributed by atoms with Crippen LogP contribution in [0.2, 0.25) is 0 Å². The minimum Gasteiger partial charge on any atom is -0.493 e. The number of nitrogens with one attached hydrogen (secondary N) is 2. The normalized spacial score (nSPS) is 14.8. The lowest BCUT2D eigenvalue weighted by atomic mass is 10.1. The van der Waals surface area contributed by atoms with Crippen LogP contribution in [0, 0.1) is 0 Å². The summed E-state index contributed by atoms with van der Waals surface area (Å²) in [4.78, 5) is 12.1. The van der Waals surface area contributed by atoms with E-state index in [2.05, 4.69) is 20.8 Å². The van der Waals surface area contributed by atoms with Crippen LogP contribution in [0.3, 0.4) is 0 Å². The van der Waals surface area contributed by atoms with Gasteiger partial charge in [-0.25, -0.2) is 4.79 Å². The van der Waals surface area contributed by atoms with Crippen molar-refractivity contribution < 1.29 is 14.3 Å².